The Morgan fingerprint density at radius 1 is 0.971 bits per heavy atom. The molecule has 2 heterocycles. The first-order valence-corrected chi connectivity index (χ1v) is 11.2. The minimum atomic E-state index is -0.935. The molecule has 9 nitrogen and oxygen atoms in total. The molecule has 180 valence electrons. The van der Waals surface area contributed by atoms with E-state index in [-0.39, 0.29) is 13.0 Å². The van der Waals surface area contributed by atoms with E-state index in [2.05, 4.69) is 4.90 Å². The average molecular weight is 468 g/mol. The molecule has 1 fully saturated rings. The fourth-order valence-electron chi connectivity index (χ4n) is 4.58. The molecule has 1 aromatic heterocycles. The lowest BCUT2D eigenvalue weighted by atomic mass is 10.0. The highest BCUT2D eigenvalue weighted by atomic mass is 16.5. The summed E-state index contributed by atoms with van der Waals surface area (Å²) in [5.74, 6) is -0.432. The number of aromatic nitrogens is 1. The molecule has 0 radical (unpaired) electrons. The van der Waals surface area contributed by atoms with Crippen molar-refractivity contribution in [1.29, 1.82) is 0 Å². The first kappa shape index (κ1) is 23.4. The van der Waals surface area contributed by atoms with Gasteiger partial charge in [0, 0.05) is 67.1 Å². The van der Waals surface area contributed by atoms with Gasteiger partial charge in [-0.3, -0.25) is 14.5 Å². The Morgan fingerprint density at radius 3 is 2.32 bits per heavy atom. The summed E-state index contributed by atoms with van der Waals surface area (Å²) < 4.78 is 12.5. The average Bonchev–Trinajstić information content (AvgIpc) is 3.20. The molecule has 0 saturated carbocycles. The summed E-state index contributed by atoms with van der Waals surface area (Å²) in [6, 6.07) is 12.5. The van der Waals surface area contributed by atoms with Crippen LogP contribution in [-0.2, 0) is 16.1 Å². The van der Waals surface area contributed by atoms with E-state index in [0.717, 1.165) is 22.3 Å². The third-order valence-corrected chi connectivity index (χ3v) is 6.31. The summed E-state index contributed by atoms with van der Waals surface area (Å²) >= 11 is 0. The van der Waals surface area contributed by atoms with Gasteiger partial charge in [-0.25, -0.2) is 0 Å². The van der Waals surface area contributed by atoms with Crippen molar-refractivity contribution in [2.45, 2.75) is 19.0 Å². The Bertz CT molecular complexity index is 1180. The molecule has 9 heteroatoms. The van der Waals surface area contributed by atoms with E-state index in [1.54, 1.807) is 26.5 Å². The number of methoxy groups -OCH3 is 2. The molecule has 1 aliphatic rings. The minimum Gasteiger partial charge on any atom is -0.497 e. The van der Waals surface area contributed by atoms with Gasteiger partial charge in [-0.15, -0.1) is 0 Å². The molecular weight excluding hydrogens is 438 g/mol. The van der Waals surface area contributed by atoms with Crippen LogP contribution in [0.3, 0.4) is 0 Å². The van der Waals surface area contributed by atoms with Crippen LogP contribution < -0.4 is 14.4 Å². The molecule has 0 aliphatic carbocycles. The van der Waals surface area contributed by atoms with E-state index in [4.69, 9.17) is 14.6 Å². The molecular formula is C25H29N3O6. The monoisotopic (exact) mass is 467 g/mol. The highest BCUT2D eigenvalue weighted by Crippen LogP contribution is 2.34. The van der Waals surface area contributed by atoms with Crippen molar-refractivity contribution < 1.29 is 29.3 Å². The van der Waals surface area contributed by atoms with Crippen LogP contribution in [0.2, 0.25) is 0 Å². The van der Waals surface area contributed by atoms with Crippen LogP contribution in [0.1, 0.15) is 18.0 Å². The number of aryl methyl sites for hydroxylation is 1. The Labute approximate surface area is 197 Å². The standard InChI is InChI=1S/C25H29N3O6/c1-33-18-5-3-4-17(14-18)26-10-12-27(13-11-26)24(25(31)32)21-16-28(9-8-23(29)30)22-7-6-19(34-2)15-20(21)22/h3-7,14-16,24H,8-13H2,1-2H3,(H,29,30)(H,31,32)/t24-/m1/s1. The lowest BCUT2D eigenvalue weighted by Crippen LogP contribution is -2.49. The van der Waals surface area contributed by atoms with Gasteiger partial charge in [0.1, 0.15) is 17.5 Å². The van der Waals surface area contributed by atoms with Crippen LogP contribution in [0.4, 0.5) is 5.69 Å². The molecule has 2 N–H and O–H groups in total. The number of rotatable bonds is 9. The summed E-state index contributed by atoms with van der Waals surface area (Å²) in [5.41, 5.74) is 2.47. The molecule has 4 rings (SSSR count). The molecule has 0 unspecified atom stereocenters. The molecule has 0 amide bonds. The van der Waals surface area contributed by atoms with E-state index >= 15 is 0 Å². The topological polar surface area (TPSA) is 104 Å². The first-order chi connectivity index (χ1) is 16.4. The van der Waals surface area contributed by atoms with Crippen LogP contribution in [0.5, 0.6) is 11.5 Å². The van der Waals surface area contributed by atoms with Crippen molar-refractivity contribution in [3.63, 3.8) is 0 Å². The number of anilines is 1. The maximum atomic E-state index is 12.5. The second-order valence-electron chi connectivity index (χ2n) is 8.27. The number of carbonyl (C=O) groups is 2. The third-order valence-electron chi connectivity index (χ3n) is 6.31. The SMILES string of the molecule is COc1cccc(N2CCN([C@@H](C(=O)O)c3cn(CCC(=O)O)c4ccc(OC)cc34)CC2)c1. The predicted octanol–water partition coefficient (Wildman–Crippen LogP) is 3.08. The fraction of sp³-hybridized carbons (Fsp3) is 0.360. The van der Waals surface area contributed by atoms with Gasteiger partial charge in [-0.1, -0.05) is 6.07 Å². The zero-order valence-corrected chi connectivity index (χ0v) is 19.3. The normalized spacial score (nSPS) is 15.3. The van der Waals surface area contributed by atoms with Gasteiger partial charge in [-0.2, -0.15) is 0 Å². The lowest BCUT2D eigenvalue weighted by molar-refractivity contribution is -0.143. The Morgan fingerprint density at radius 2 is 1.68 bits per heavy atom. The quantitative estimate of drug-likeness (QED) is 0.495. The van der Waals surface area contributed by atoms with Crippen molar-refractivity contribution in [3.8, 4) is 11.5 Å². The number of hydrogen-bond donors (Lipinski definition) is 2. The Kier molecular flexibility index (Phi) is 6.93. The molecule has 3 aromatic rings. The second kappa shape index (κ2) is 10.0. The predicted molar refractivity (Wildman–Crippen MR) is 128 cm³/mol. The smallest absolute Gasteiger partial charge is 0.325 e. The molecule has 1 saturated heterocycles. The van der Waals surface area contributed by atoms with E-state index in [0.29, 0.717) is 37.5 Å². The fourth-order valence-corrected chi connectivity index (χ4v) is 4.58. The van der Waals surface area contributed by atoms with Crippen molar-refractivity contribution in [2.75, 3.05) is 45.3 Å². The first-order valence-electron chi connectivity index (χ1n) is 11.2. The number of aliphatic carboxylic acids is 2. The summed E-state index contributed by atoms with van der Waals surface area (Å²) in [4.78, 5) is 27.8. The summed E-state index contributed by atoms with van der Waals surface area (Å²) in [5, 5.41) is 20.1. The van der Waals surface area contributed by atoms with Crippen LogP contribution in [0.15, 0.2) is 48.7 Å². The van der Waals surface area contributed by atoms with Gasteiger partial charge < -0.3 is 29.2 Å². The number of fused-ring (bicyclic) bond motifs is 1. The van der Waals surface area contributed by atoms with Crippen LogP contribution in [-0.4, -0.2) is 72.0 Å². The van der Waals surface area contributed by atoms with Gasteiger partial charge in [0.25, 0.3) is 0 Å². The van der Waals surface area contributed by atoms with E-state index < -0.39 is 18.0 Å². The number of hydrogen-bond acceptors (Lipinski definition) is 6. The zero-order valence-electron chi connectivity index (χ0n) is 19.3. The van der Waals surface area contributed by atoms with Crippen LogP contribution in [0.25, 0.3) is 10.9 Å². The van der Waals surface area contributed by atoms with Gasteiger partial charge in [0.05, 0.1) is 20.6 Å². The second-order valence-corrected chi connectivity index (χ2v) is 8.27. The van der Waals surface area contributed by atoms with Gasteiger partial charge in [0.15, 0.2) is 0 Å². The highest BCUT2D eigenvalue weighted by Gasteiger charge is 2.33. The molecule has 1 aliphatic heterocycles. The molecule has 1 atom stereocenters. The van der Waals surface area contributed by atoms with Crippen molar-refractivity contribution in [3.05, 3.63) is 54.2 Å². The third kappa shape index (κ3) is 4.79. The van der Waals surface area contributed by atoms with E-state index in [9.17, 15) is 14.7 Å². The Balaban J connectivity index is 1.62. The van der Waals surface area contributed by atoms with E-state index in [1.165, 1.54) is 0 Å². The largest absolute Gasteiger partial charge is 0.497 e. The highest BCUT2D eigenvalue weighted by molar-refractivity contribution is 5.90. The maximum Gasteiger partial charge on any atom is 0.325 e. The van der Waals surface area contributed by atoms with E-state index in [1.807, 2.05) is 45.9 Å². The zero-order chi connectivity index (χ0) is 24.2. The minimum absolute atomic E-state index is 0.0494. The van der Waals surface area contributed by atoms with Crippen LogP contribution in [0, 0.1) is 0 Å². The summed E-state index contributed by atoms with van der Waals surface area (Å²) in [6.07, 6.45) is 1.73. The summed E-state index contributed by atoms with van der Waals surface area (Å²) in [6.45, 7) is 2.75. The van der Waals surface area contributed by atoms with Crippen molar-refractivity contribution >= 4 is 28.5 Å². The molecule has 0 bridgehead atoms. The number of ether oxygens (including phenoxy) is 2. The van der Waals surface area contributed by atoms with Gasteiger partial charge in [0.2, 0.25) is 0 Å². The van der Waals surface area contributed by atoms with Crippen molar-refractivity contribution in [1.82, 2.24) is 9.47 Å². The molecule has 34 heavy (non-hydrogen) atoms. The molecule has 0 spiro atoms. The number of nitrogens with zero attached hydrogens (tertiary/aromatic N) is 3. The van der Waals surface area contributed by atoms with Gasteiger partial charge >= 0.3 is 11.9 Å². The van der Waals surface area contributed by atoms with Gasteiger partial charge in [-0.05, 0) is 30.3 Å². The number of piperazine rings is 1. The lowest BCUT2D eigenvalue weighted by Gasteiger charge is -2.38. The Hall–Kier alpha value is -3.72. The number of benzene rings is 2. The van der Waals surface area contributed by atoms with Crippen molar-refractivity contribution in [2.24, 2.45) is 0 Å². The number of carboxylic acid groups (broad SMARTS) is 2. The maximum absolute atomic E-state index is 12.5. The molecule has 2 aromatic carbocycles. The van der Waals surface area contributed by atoms with Crippen LogP contribution >= 0.6 is 0 Å². The number of carboxylic acids is 2. The summed E-state index contributed by atoms with van der Waals surface area (Å²) in [7, 11) is 3.20.